The number of likely N-dealkylation sites (N-methyl/N-ethyl adjacent to an activating group) is 1. The van der Waals surface area contributed by atoms with Crippen molar-refractivity contribution in [3.63, 3.8) is 0 Å². The number of nitrogens with one attached hydrogen (secondary N) is 2. The summed E-state index contributed by atoms with van der Waals surface area (Å²) in [7, 11) is 1.93. The number of ether oxygens (including phenoxy) is 2. The summed E-state index contributed by atoms with van der Waals surface area (Å²) in [4.78, 5) is 8.97. The number of rotatable bonds is 14. The van der Waals surface area contributed by atoms with Crippen LogP contribution in [-0.4, -0.2) is 29.7 Å². The Morgan fingerprint density at radius 3 is 2.23 bits per heavy atom. The number of benzene rings is 2. The average Bonchev–Trinajstić information content (AvgIpc) is 3.08. The van der Waals surface area contributed by atoms with Crippen LogP contribution in [0.2, 0.25) is 0 Å². The summed E-state index contributed by atoms with van der Waals surface area (Å²) < 4.78 is 26.6. The molecule has 4 aromatic rings. The molecule has 0 aliphatic heterocycles. The molecular formula is C40H53FN4O2. The average molecular weight is 641 g/mol. The molecule has 7 heteroatoms. The number of aryl methyl sites for hydroxylation is 1. The van der Waals surface area contributed by atoms with Crippen molar-refractivity contribution in [2.24, 2.45) is 0 Å². The number of anilines is 1. The van der Waals surface area contributed by atoms with Crippen molar-refractivity contribution < 1.29 is 13.9 Å². The third-order valence-corrected chi connectivity index (χ3v) is 7.86. The molecule has 1 aliphatic rings. The number of unbranched alkanes of at least 4 members (excludes halogenated alkanes) is 1. The van der Waals surface area contributed by atoms with Crippen molar-refractivity contribution >= 4 is 11.5 Å². The highest BCUT2D eigenvalue weighted by Crippen LogP contribution is 2.31. The van der Waals surface area contributed by atoms with Crippen LogP contribution in [0.5, 0.6) is 11.5 Å². The van der Waals surface area contributed by atoms with Gasteiger partial charge in [-0.05, 0) is 62.7 Å². The van der Waals surface area contributed by atoms with Crippen LogP contribution >= 0.6 is 0 Å². The third-order valence-electron chi connectivity index (χ3n) is 7.86. The Balaban J connectivity index is 0.000000912. The number of allylic oxidation sites excluding steroid dienone is 1. The first-order valence-corrected chi connectivity index (χ1v) is 17.2. The predicted molar refractivity (Wildman–Crippen MR) is 194 cm³/mol. The van der Waals surface area contributed by atoms with Crippen molar-refractivity contribution in [1.29, 1.82) is 0 Å². The van der Waals surface area contributed by atoms with Gasteiger partial charge in [0, 0.05) is 58.6 Å². The van der Waals surface area contributed by atoms with E-state index in [0.717, 1.165) is 53.0 Å². The number of nitrogens with zero attached hydrogens (tertiary/aromatic N) is 2. The molecule has 0 saturated heterocycles. The summed E-state index contributed by atoms with van der Waals surface area (Å²) in [5.41, 5.74) is 5.33. The lowest BCUT2D eigenvalue weighted by molar-refractivity contribution is 0.262. The van der Waals surface area contributed by atoms with E-state index >= 15 is 0 Å². The molecule has 1 saturated carbocycles. The maximum absolute atomic E-state index is 14.3. The van der Waals surface area contributed by atoms with Crippen molar-refractivity contribution in [3.05, 3.63) is 108 Å². The van der Waals surface area contributed by atoms with Crippen molar-refractivity contribution in [2.45, 2.75) is 92.2 Å². The number of pyridine rings is 2. The second-order valence-electron chi connectivity index (χ2n) is 11.4. The Kier molecular flexibility index (Phi) is 16.5. The molecule has 252 valence electrons. The molecule has 6 nitrogen and oxygen atoms in total. The molecule has 1 fully saturated rings. The highest BCUT2D eigenvalue weighted by atomic mass is 19.1. The van der Waals surface area contributed by atoms with E-state index in [9.17, 15) is 4.39 Å². The molecule has 0 unspecified atom stereocenters. The van der Waals surface area contributed by atoms with E-state index < -0.39 is 0 Å². The van der Waals surface area contributed by atoms with Gasteiger partial charge in [-0.2, -0.15) is 0 Å². The Hall–Kier alpha value is -4.23. The lowest BCUT2D eigenvalue weighted by Crippen LogP contribution is -2.30. The topological polar surface area (TPSA) is 68.3 Å². The van der Waals surface area contributed by atoms with Crippen LogP contribution in [0.15, 0.2) is 85.3 Å². The van der Waals surface area contributed by atoms with Crippen molar-refractivity contribution in [3.8, 4) is 22.6 Å². The number of aromatic nitrogens is 2. The molecular weight excluding hydrogens is 587 g/mol. The molecule has 2 aromatic heterocycles. The van der Waals surface area contributed by atoms with Crippen LogP contribution in [0.1, 0.15) is 89.3 Å². The van der Waals surface area contributed by atoms with Crippen LogP contribution in [-0.2, 0) is 6.61 Å². The summed E-state index contributed by atoms with van der Waals surface area (Å²) in [6.45, 7) is 10.9. The fourth-order valence-corrected chi connectivity index (χ4v) is 4.58. The summed E-state index contributed by atoms with van der Waals surface area (Å²) >= 11 is 0. The molecule has 0 spiro atoms. The van der Waals surface area contributed by atoms with E-state index in [4.69, 9.17) is 14.5 Å². The number of halogens is 1. The van der Waals surface area contributed by atoms with Gasteiger partial charge < -0.3 is 20.1 Å². The van der Waals surface area contributed by atoms with E-state index in [-0.39, 0.29) is 18.5 Å². The molecule has 2 heterocycles. The van der Waals surface area contributed by atoms with Gasteiger partial charge >= 0.3 is 0 Å². The van der Waals surface area contributed by atoms with Gasteiger partial charge in [-0.15, -0.1) is 0 Å². The standard InChI is InChI=1S/C34H39FN4O2.C4H8.C2H6/c1-5-7-14-33(39-34-24(3)16-28(21-38-34)25-12-10-15-37-20-25)27-17-30(40-22-26-11-8-9-13-32(26)35)19-31(18-27)41-23-29(6-2)36-4;1-2-4-3-1;1-2/h8-21,29,36H,5-7,22-23H2,1-4H3,(H,38,39);1-4H2;1-2H3/b33-14+;;/t29-;;/m0../s1. The lowest BCUT2D eigenvalue weighted by Gasteiger charge is -2.19. The maximum atomic E-state index is 14.3. The fourth-order valence-electron chi connectivity index (χ4n) is 4.58. The highest BCUT2D eigenvalue weighted by molar-refractivity contribution is 5.78. The maximum Gasteiger partial charge on any atom is 0.133 e. The molecule has 0 bridgehead atoms. The zero-order chi connectivity index (χ0) is 33.9. The first kappa shape index (κ1) is 37.2. The van der Waals surface area contributed by atoms with Gasteiger partial charge in [0.05, 0.1) is 0 Å². The monoisotopic (exact) mass is 640 g/mol. The van der Waals surface area contributed by atoms with Crippen LogP contribution in [0.25, 0.3) is 16.8 Å². The normalized spacial score (nSPS) is 12.8. The molecule has 1 aliphatic carbocycles. The predicted octanol–water partition coefficient (Wildman–Crippen LogP) is 10.4. The van der Waals surface area contributed by atoms with E-state index in [0.29, 0.717) is 23.7 Å². The lowest BCUT2D eigenvalue weighted by atomic mass is 10.0. The molecule has 0 amide bonds. The zero-order valence-electron chi connectivity index (χ0n) is 29.1. The highest BCUT2D eigenvalue weighted by Gasteiger charge is 2.13. The molecule has 2 aromatic carbocycles. The van der Waals surface area contributed by atoms with Gasteiger partial charge in [-0.3, -0.25) is 4.98 Å². The minimum absolute atomic E-state index is 0.113. The van der Waals surface area contributed by atoms with Crippen molar-refractivity contribution in [2.75, 3.05) is 19.0 Å². The van der Waals surface area contributed by atoms with Crippen LogP contribution < -0.4 is 20.1 Å². The Labute approximate surface area is 281 Å². The summed E-state index contributed by atoms with van der Waals surface area (Å²) in [5.74, 6) is 1.75. The van der Waals surface area contributed by atoms with Gasteiger partial charge in [0.25, 0.3) is 0 Å². The first-order chi connectivity index (χ1) is 23.0. The molecule has 47 heavy (non-hydrogen) atoms. The van der Waals surface area contributed by atoms with Gasteiger partial charge in [0.2, 0.25) is 0 Å². The molecule has 0 radical (unpaired) electrons. The van der Waals surface area contributed by atoms with E-state index in [2.05, 4.69) is 41.6 Å². The van der Waals surface area contributed by atoms with E-state index in [1.807, 2.05) is 70.5 Å². The van der Waals surface area contributed by atoms with Gasteiger partial charge in [0.15, 0.2) is 0 Å². The second-order valence-corrected chi connectivity index (χ2v) is 11.4. The summed E-state index contributed by atoms with van der Waals surface area (Å²) in [5, 5.41) is 6.83. The largest absolute Gasteiger partial charge is 0.492 e. The van der Waals surface area contributed by atoms with Crippen LogP contribution in [0.3, 0.4) is 0 Å². The molecule has 2 N–H and O–H groups in total. The molecule has 5 rings (SSSR count). The Bertz CT molecular complexity index is 1500. The van der Waals surface area contributed by atoms with E-state index in [1.165, 1.54) is 31.7 Å². The first-order valence-electron chi connectivity index (χ1n) is 17.2. The smallest absolute Gasteiger partial charge is 0.133 e. The number of hydrogen-bond acceptors (Lipinski definition) is 6. The third kappa shape index (κ3) is 12.1. The quantitative estimate of drug-likeness (QED) is 0.143. The summed E-state index contributed by atoms with van der Waals surface area (Å²) in [6.07, 6.45) is 16.4. The van der Waals surface area contributed by atoms with Crippen LogP contribution in [0.4, 0.5) is 10.2 Å². The molecule has 1 atom stereocenters. The Morgan fingerprint density at radius 2 is 1.64 bits per heavy atom. The minimum atomic E-state index is -0.290. The van der Waals surface area contributed by atoms with E-state index in [1.54, 1.807) is 24.4 Å². The SMILES string of the molecule is C1CCC1.CC.CCC/C=C(/Nc1ncc(-c2cccnc2)cc1C)c1cc(OCc2ccccc2F)cc(OC[C@H](CC)NC)c1. The van der Waals surface area contributed by atoms with Crippen LogP contribution in [0, 0.1) is 12.7 Å². The van der Waals surface area contributed by atoms with Gasteiger partial charge in [0.1, 0.15) is 36.3 Å². The number of hydrogen-bond donors (Lipinski definition) is 2. The Morgan fingerprint density at radius 1 is 0.915 bits per heavy atom. The van der Waals surface area contributed by atoms with Gasteiger partial charge in [-0.25, -0.2) is 9.37 Å². The van der Waals surface area contributed by atoms with Crippen molar-refractivity contribution in [1.82, 2.24) is 15.3 Å². The zero-order valence-corrected chi connectivity index (χ0v) is 29.1. The second kappa shape index (κ2) is 20.8. The van der Waals surface area contributed by atoms with Gasteiger partial charge in [-0.1, -0.05) is 90.1 Å². The summed E-state index contributed by atoms with van der Waals surface area (Å²) in [6, 6.07) is 18.7. The fraction of sp³-hybridized carbons (Fsp3) is 0.400. The minimum Gasteiger partial charge on any atom is -0.492 e.